The van der Waals surface area contributed by atoms with Crippen LogP contribution in [0.15, 0.2) is 48.5 Å². The Morgan fingerprint density at radius 2 is 1.91 bits per heavy atom. The third kappa shape index (κ3) is 2.98. The van der Waals surface area contributed by atoms with Crippen LogP contribution >= 0.6 is 0 Å². The molecule has 0 radical (unpaired) electrons. The summed E-state index contributed by atoms with van der Waals surface area (Å²) in [6.45, 7) is 2.63. The molecule has 8 nitrogen and oxygen atoms in total. The Kier molecular flexibility index (Phi) is 4.94. The number of fused-ring (bicyclic) bond motifs is 4. The number of methoxy groups -OCH3 is 1. The molecule has 2 N–H and O–H groups in total. The second-order valence-electron chi connectivity index (χ2n) is 8.09. The highest BCUT2D eigenvalue weighted by Gasteiger charge is 2.52. The molecule has 164 valence electrons. The standard InChI is InChI=1S/C24H24N4O4/c1-14-21-17(15-7-3-5-9-18(15)26-21)13-20-23(30)28(24(31)27(14)20)19-10-6-4-8-16(19)22(29)25-11-12-32-2/h3-10,14,20,26H,11-13H2,1-2H3,(H,25,29). The molecule has 8 heteroatoms. The number of urea groups is 1. The van der Waals surface area contributed by atoms with Crippen LogP contribution < -0.4 is 10.2 Å². The maximum absolute atomic E-state index is 13.5. The summed E-state index contributed by atoms with van der Waals surface area (Å²) in [5.74, 6) is -0.665. The van der Waals surface area contributed by atoms with E-state index in [-0.39, 0.29) is 23.4 Å². The van der Waals surface area contributed by atoms with Crippen molar-refractivity contribution in [3.63, 3.8) is 0 Å². The molecule has 32 heavy (non-hydrogen) atoms. The zero-order valence-electron chi connectivity index (χ0n) is 17.9. The number of aromatic amines is 1. The van der Waals surface area contributed by atoms with Gasteiger partial charge in [0.2, 0.25) is 0 Å². The van der Waals surface area contributed by atoms with Crippen LogP contribution in [0.25, 0.3) is 10.9 Å². The quantitative estimate of drug-likeness (QED) is 0.479. The zero-order chi connectivity index (χ0) is 22.4. The highest BCUT2D eigenvalue weighted by atomic mass is 16.5. The Labute approximate surface area is 185 Å². The first-order chi connectivity index (χ1) is 15.5. The van der Waals surface area contributed by atoms with E-state index in [9.17, 15) is 14.4 Å². The van der Waals surface area contributed by atoms with Crippen molar-refractivity contribution >= 4 is 34.4 Å². The van der Waals surface area contributed by atoms with Crippen molar-refractivity contribution in [3.8, 4) is 0 Å². The van der Waals surface area contributed by atoms with E-state index in [2.05, 4.69) is 10.3 Å². The van der Waals surface area contributed by atoms with Crippen molar-refractivity contribution in [1.29, 1.82) is 0 Å². The molecule has 4 amide bonds. The SMILES string of the molecule is COCCNC(=O)c1ccccc1N1C(=O)C2Cc3c([nH]c4ccccc34)C(C)N2C1=O. The summed E-state index contributed by atoms with van der Waals surface area (Å²) >= 11 is 0. The van der Waals surface area contributed by atoms with Gasteiger partial charge in [0, 0.05) is 36.7 Å². The molecule has 3 heterocycles. The summed E-state index contributed by atoms with van der Waals surface area (Å²) in [7, 11) is 1.55. The fraction of sp³-hybridized carbons (Fsp3) is 0.292. The van der Waals surface area contributed by atoms with Crippen molar-refractivity contribution in [3.05, 3.63) is 65.4 Å². The van der Waals surface area contributed by atoms with Crippen LogP contribution in [0.5, 0.6) is 0 Å². The molecule has 2 aliphatic heterocycles. The molecule has 2 atom stereocenters. The average molecular weight is 432 g/mol. The zero-order valence-corrected chi connectivity index (χ0v) is 17.9. The minimum atomic E-state index is -0.603. The molecule has 5 rings (SSSR count). The maximum atomic E-state index is 13.5. The van der Waals surface area contributed by atoms with Gasteiger partial charge >= 0.3 is 6.03 Å². The van der Waals surface area contributed by atoms with Crippen molar-refractivity contribution in [2.75, 3.05) is 25.2 Å². The molecule has 0 spiro atoms. The van der Waals surface area contributed by atoms with E-state index >= 15 is 0 Å². The molecular formula is C24H24N4O4. The summed E-state index contributed by atoms with van der Waals surface area (Å²) in [6.07, 6.45) is 0.437. The molecular weight excluding hydrogens is 408 g/mol. The molecule has 1 saturated heterocycles. The van der Waals surface area contributed by atoms with Crippen LogP contribution in [0.4, 0.5) is 10.5 Å². The average Bonchev–Trinajstić information content (AvgIpc) is 3.30. The lowest BCUT2D eigenvalue weighted by atomic mass is 9.93. The second-order valence-corrected chi connectivity index (χ2v) is 8.09. The number of nitrogens with zero attached hydrogens (tertiary/aromatic N) is 2. The van der Waals surface area contributed by atoms with E-state index in [0.29, 0.717) is 25.3 Å². The van der Waals surface area contributed by atoms with Crippen molar-refractivity contribution in [2.24, 2.45) is 0 Å². The number of rotatable bonds is 5. The number of H-pyrrole nitrogens is 1. The van der Waals surface area contributed by atoms with E-state index < -0.39 is 12.1 Å². The number of ether oxygens (including phenoxy) is 1. The highest BCUT2D eigenvalue weighted by molar-refractivity contribution is 6.24. The second kappa shape index (κ2) is 7.80. The van der Waals surface area contributed by atoms with Gasteiger partial charge in [-0.2, -0.15) is 0 Å². The Morgan fingerprint density at radius 1 is 1.16 bits per heavy atom. The number of benzene rings is 2. The maximum Gasteiger partial charge on any atom is 0.332 e. The lowest BCUT2D eigenvalue weighted by Crippen LogP contribution is -2.42. The Hall–Kier alpha value is -3.65. The first-order valence-electron chi connectivity index (χ1n) is 10.6. The van der Waals surface area contributed by atoms with E-state index in [1.165, 1.54) is 0 Å². The van der Waals surface area contributed by atoms with Crippen LogP contribution in [-0.2, 0) is 16.0 Å². The third-order valence-electron chi connectivity index (χ3n) is 6.31. The molecule has 2 unspecified atom stereocenters. The molecule has 2 aromatic carbocycles. The van der Waals surface area contributed by atoms with Crippen LogP contribution in [0, 0.1) is 0 Å². The van der Waals surface area contributed by atoms with Gasteiger partial charge in [-0.25, -0.2) is 9.69 Å². The van der Waals surface area contributed by atoms with Gasteiger partial charge in [0.1, 0.15) is 6.04 Å². The summed E-state index contributed by atoms with van der Waals surface area (Å²) < 4.78 is 4.98. The smallest absolute Gasteiger partial charge is 0.332 e. The number of para-hydroxylation sites is 2. The van der Waals surface area contributed by atoms with Crippen molar-refractivity contribution < 1.29 is 19.1 Å². The number of amides is 4. The number of carbonyl (C=O) groups excluding carboxylic acids is 3. The van der Waals surface area contributed by atoms with Gasteiger partial charge in [-0.1, -0.05) is 30.3 Å². The van der Waals surface area contributed by atoms with Crippen molar-refractivity contribution in [1.82, 2.24) is 15.2 Å². The van der Waals surface area contributed by atoms with Crippen LogP contribution in [0.1, 0.15) is 34.6 Å². The normalized spacial score (nSPS) is 19.9. The topological polar surface area (TPSA) is 94.7 Å². The Bertz CT molecular complexity index is 1230. The van der Waals surface area contributed by atoms with Crippen molar-refractivity contribution in [2.45, 2.75) is 25.4 Å². The Balaban J connectivity index is 1.51. The summed E-state index contributed by atoms with van der Waals surface area (Å²) in [6, 6.07) is 13.4. The number of nitrogens with one attached hydrogen (secondary N) is 2. The van der Waals surface area contributed by atoms with Gasteiger partial charge in [0.05, 0.1) is 23.9 Å². The van der Waals surface area contributed by atoms with Gasteiger partial charge < -0.3 is 19.9 Å². The summed E-state index contributed by atoms with van der Waals surface area (Å²) in [5, 5.41) is 3.84. The van der Waals surface area contributed by atoms with Crippen LogP contribution in [-0.4, -0.2) is 54.0 Å². The predicted octanol–water partition coefficient (Wildman–Crippen LogP) is 3.00. The molecule has 3 aromatic rings. The van der Waals surface area contributed by atoms with Gasteiger partial charge in [-0.05, 0) is 30.7 Å². The highest BCUT2D eigenvalue weighted by Crippen LogP contribution is 2.42. The van der Waals surface area contributed by atoms with Gasteiger partial charge in [0.25, 0.3) is 11.8 Å². The van der Waals surface area contributed by atoms with E-state index in [0.717, 1.165) is 27.1 Å². The Morgan fingerprint density at radius 3 is 2.72 bits per heavy atom. The van der Waals surface area contributed by atoms with Crippen LogP contribution in [0.2, 0.25) is 0 Å². The first-order valence-corrected chi connectivity index (χ1v) is 10.6. The lowest BCUT2D eigenvalue weighted by molar-refractivity contribution is -0.120. The number of imide groups is 1. The molecule has 0 aliphatic carbocycles. The minimum Gasteiger partial charge on any atom is -0.383 e. The minimum absolute atomic E-state index is 0.279. The predicted molar refractivity (Wildman–Crippen MR) is 120 cm³/mol. The fourth-order valence-corrected chi connectivity index (χ4v) is 4.81. The molecule has 1 aromatic heterocycles. The third-order valence-corrected chi connectivity index (χ3v) is 6.31. The first kappa shape index (κ1) is 20.3. The number of carbonyl (C=O) groups is 3. The summed E-state index contributed by atoms with van der Waals surface area (Å²) in [5.41, 5.74) is 3.61. The van der Waals surface area contributed by atoms with E-state index in [1.807, 2.05) is 31.2 Å². The number of aromatic nitrogens is 1. The molecule has 1 fully saturated rings. The number of hydrogen-bond donors (Lipinski definition) is 2. The lowest BCUT2D eigenvalue weighted by Gasteiger charge is -2.33. The van der Waals surface area contributed by atoms with Gasteiger partial charge in [-0.3, -0.25) is 9.59 Å². The monoisotopic (exact) mass is 432 g/mol. The van der Waals surface area contributed by atoms with Gasteiger partial charge in [0.15, 0.2) is 0 Å². The van der Waals surface area contributed by atoms with E-state index in [1.54, 1.807) is 36.3 Å². The van der Waals surface area contributed by atoms with Crippen LogP contribution in [0.3, 0.4) is 0 Å². The van der Waals surface area contributed by atoms with Gasteiger partial charge in [-0.15, -0.1) is 0 Å². The molecule has 0 bridgehead atoms. The van der Waals surface area contributed by atoms with E-state index in [4.69, 9.17) is 4.74 Å². The largest absolute Gasteiger partial charge is 0.383 e. The summed E-state index contributed by atoms with van der Waals surface area (Å²) in [4.78, 5) is 45.9. The molecule has 0 saturated carbocycles. The number of hydrogen-bond acceptors (Lipinski definition) is 4. The number of anilines is 1. The molecule has 2 aliphatic rings. The fourth-order valence-electron chi connectivity index (χ4n) is 4.81.